The summed E-state index contributed by atoms with van der Waals surface area (Å²) in [7, 11) is 0. The van der Waals surface area contributed by atoms with Crippen LogP contribution in [0.15, 0.2) is 0 Å². The van der Waals surface area contributed by atoms with Gasteiger partial charge in [0.1, 0.15) is 0 Å². The Balaban J connectivity index is 3.67. The van der Waals surface area contributed by atoms with Crippen molar-refractivity contribution in [1.29, 1.82) is 0 Å². The van der Waals surface area contributed by atoms with Gasteiger partial charge in [-0.05, 0) is 18.9 Å². The van der Waals surface area contributed by atoms with Gasteiger partial charge in [0, 0.05) is 12.6 Å². The van der Waals surface area contributed by atoms with Gasteiger partial charge in [0.05, 0.1) is 19.8 Å². The molecule has 1 unspecified atom stereocenters. The Morgan fingerprint density at radius 1 is 1.07 bits per heavy atom. The monoisotopic (exact) mass is 217 g/mol. The van der Waals surface area contributed by atoms with Crippen LogP contribution in [0.2, 0.25) is 0 Å². The van der Waals surface area contributed by atoms with E-state index in [1.807, 2.05) is 6.92 Å². The molecule has 0 aromatic carbocycles. The van der Waals surface area contributed by atoms with Crippen LogP contribution >= 0.6 is 0 Å². The minimum atomic E-state index is 0.238. The first-order valence-corrected chi connectivity index (χ1v) is 5.91. The van der Waals surface area contributed by atoms with Crippen LogP contribution in [0.3, 0.4) is 0 Å². The standard InChI is InChI=1S/C12H27NO2/c1-6-13-11(12(3,4)5)10-15-9-8-14-7-2/h11,13H,6-10H2,1-5H3. The van der Waals surface area contributed by atoms with E-state index < -0.39 is 0 Å². The fourth-order valence-electron chi connectivity index (χ4n) is 1.32. The molecule has 1 N–H and O–H groups in total. The lowest BCUT2D eigenvalue weighted by atomic mass is 9.87. The molecule has 15 heavy (non-hydrogen) atoms. The van der Waals surface area contributed by atoms with Crippen LogP contribution in [0.25, 0.3) is 0 Å². The van der Waals surface area contributed by atoms with Crippen LogP contribution in [0.4, 0.5) is 0 Å². The molecule has 0 aliphatic rings. The van der Waals surface area contributed by atoms with Crippen molar-refractivity contribution in [3.8, 4) is 0 Å². The Kier molecular flexibility index (Phi) is 8.02. The second-order valence-corrected chi connectivity index (χ2v) is 4.75. The normalized spacial score (nSPS) is 14.2. The molecule has 0 aromatic rings. The molecule has 0 aliphatic heterocycles. The fourth-order valence-corrected chi connectivity index (χ4v) is 1.32. The van der Waals surface area contributed by atoms with Gasteiger partial charge in [-0.2, -0.15) is 0 Å². The predicted octanol–water partition coefficient (Wildman–Crippen LogP) is 2.06. The highest BCUT2D eigenvalue weighted by Crippen LogP contribution is 2.19. The molecular formula is C12H27NO2. The van der Waals surface area contributed by atoms with Crippen LogP contribution in [0.5, 0.6) is 0 Å². The molecule has 0 fully saturated rings. The van der Waals surface area contributed by atoms with E-state index in [1.54, 1.807) is 0 Å². The Bertz CT molecular complexity index is 143. The largest absolute Gasteiger partial charge is 0.379 e. The first-order valence-electron chi connectivity index (χ1n) is 5.91. The number of likely N-dealkylation sites (N-methyl/N-ethyl adjacent to an activating group) is 1. The van der Waals surface area contributed by atoms with Crippen molar-refractivity contribution < 1.29 is 9.47 Å². The highest BCUT2D eigenvalue weighted by atomic mass is 16.5. The Labute approximate surface area is 94.5 Å². The molecule has 3 heteroatoms. The van der Waals surface area contributed by atoms with Gasteiger partial charge in [0.15, 0.2) is 0 Å². The molecule has 0 rings (SSSR count). The lowest BCUT2D eigenvalue weighted by Crippen LogP contribution is -2.43. The van der Waals surface area contributed by atoms with Gasteiger partial charge in [-0.3, -0.25) is 0 Å². The summed E-state index contributed by atoms with van der Waals surface area (Å²) in [5.41, 5.74) is 0.238. The van der Waals surface area contributed by atoms with Crippen LogP contribution in [-0.2, 0) is 9.47 Å². The van der Waals surface area contributed by atoms with E-state index >= 15 is 0 Å². The summed E-state index contributed by atoms with van der Waals surface area (Å²) in [6.07, 6.45) is 0. The van der Waals surface area contributed by atoms with Gasteiger partial charge in [0.25, 0.3) is 0 Å². The zero-order valence-electron chi connectivity index (χ0n) is 10.9. The van der Waals surface area contributed by atoms with Gasteiger partial charge in [-0.15, -0.1) is 0 Å². The lowest BCUT2D eigenvalue weighted by molar-refractivity contribution is 0.0284. The predicted molar refractivity (Wildman–Crippen MR) is 64.2 cm³/mol. The third-order valence-electron chi connectivity index (χ3n) is 2.36. The second-order valence-electron chi connectivity index (χ2n) is 4.75. The SMILES string of the molecule is CCNC(COCCOCC)C(C)(C)C. The molecule has 0 aliphatic carbocycles. The number of rotatable bonds is 8. The first-order chi connectivity index (χ1) is 7.02. The zero-order valence-corrected chi connectivity index (χ0v) is 10.9. The lowest BCUT2D eigenvalue weighted by Gasteiger charge is -2.31. The number of ether oxygens (including phenoxy) is 2. The van der Waals surface area contributed by atoms with E-state index in [4.69, 9.17) is 9.47 Å². The molecule has 0 saturated carbocycles. The van der Waals surface area contributed by atoms with Crippen molar-refractivity contribution in [2.24, 2.45) is 5.41 Å². The van der Waals surface area contributed by atoms with Crippen LogP contribution in [0, 0.1) is 5.41 Å². The Morgan fingerprint density at radius 3 is 2.13 bits per heavy atom. The highest BCUT2D eigenvalue weighted by molar-refractivity contribution is 4.79. The number of nitrogens with one attached hydrogen (secondary N) is 1. The summed E-state index contributed by atoms with van der Waals surface area (Å²) in [6.45, 7) is 14.7. The fraction of sp³-hybridized carbons (Fsp3) is 1.00. The Hall–Kier alpha value is -0.120. The summed E-state index contributed by atoms with van der Waals surface area (Å²) < 4.78 is 10.8. The van der Waals surface area contributed by atoms with Gasteiger partial charge >= 0.3 is 0 Å². The molecule has 0 aromatic heterocycles. The van der Waals surface area contributed by atoms with E-state index in [9.17, 15) is 0 Å². The van der Waals surface area contributed by atoms with Crippen molar-refractivity contribution in [1.82, 2.24) is 5.32 Å². The minimum Gasteiger partial charge on any atom is -0.379 e. The van der Waals surface area contributed by atoms with E-state index in [0.717, 1.165) is 19.8 Å². The van der Waals surface area contributed by atoms with Crippen molar-refractivity contribution >= 4 is 0 Å². The minimum absolute atomic E-state index is 0.238. The average Bonchev–Trinajstić information content (AvgIpc) is 2.14. The van der Waals surface area contributed by atoms with E-state index in [0.29, 0.717) is 19.3 Å². The molecule has 0 radical (unpaired) electrons. The molecule has 0 heterocycles. The van der Waals surface area contributed by atoms with Gasteiger partial charge < -0.3 is 14.8 Å². The molecule has 92 valence electrons. The summed E-state index contributed by atoms with van der Waals surface area (Å²) in [4.78, 5) is 0. The molecule has 1 atom stereocenters. The van der Waals surface area contributed by atoms with Gasteiger partial charge in [-0.25, -0.2) is 0 Å². The maximum absolute atomic E-state index is 5.59. The third kappa shape index (κ3) is 7.77. The van der Waals surface area contributed by atoms with Gasteiger partial charge in [0.2, 0.25) is 0 Å². The maximum atomic E-state index is 5.59. The molecule has 0 amide bonds. The summed E-state index contributed by atoms with van der Waals surface area (Å²) >= 11 is 0. The summed E-state index contributed by atoms with van der Waals surface area (Å²) in [6, 6.07) is 0.407. The molecule has 0 spiro atoms. The zero-order chi connectivity index (χ0) is 11.7. The smallest absolute Gasteiger partial charge is 0.0701 e. The summed E-state index contributed by atoms with van der Waals surface area (Å²) in [5.74, 6) is 0. The number of hydrogen-bond donors (Lipinski definition) is 1. The molecule has 0 saturated heterocycles. The van der Waals surface area contributed by atoms with E-state index in [-0.39, 0.29) is 5.41 Å². The quantitative estimate of drug-likeness (QED) is 0.631. The van der Waals surface area contributed by atoms with E-state index in [2.05, 4.69) is 33.0 Å². The van der Waals surface area contributed by atoms with Crippen LogP contribution in [-0.4, -0.2) is 39.0 Å². The van der Waals surface area contributed by atoms with Crippen LogP contribution < -0.4 is 5.32 Å². The van der Waals surface area contributed by atoms with Crippen molar-refractivity contribution in [3.63, 3.8) is 0 Å². The molecular weight excluding hydrogens is 190 g/mol. The van der Waals surface area contributed by atoms with Crippen LogP contribution in [0.1, 0.15) is 34.6 Å². The average molecular weight is 217 g/mol. The summed E-state index contributed by atoms with van der Waals surface area (Å²) in [5, 5.41) is 3.45. The van der Waals surface area contributed by atoms with Crippen molar-refractivity contribution in [3.05, 3.63) is 0 Å². The molecule has 3 nitrogen and oxygen atoms in total. The van der Waals surface area contributed by atoms with Crippen molar-refractivity contribution in [2.75, 3.05) is 33.0 Å². The maximum Gasteiger partial charge on any atom is 0.0701 e. The second kappa shape index (κ2) is 8.08. The third-order valence-corrected chi connectivity index (χ3v) is 2.36. The highest BCUT2D eigenvalue weighted by Gasteiger charge is 2.23. The number of hydrogen-bond acceptors (Lipinski definition) is 3. The Morgan fingerprint density at radius 2 is 1.67 bits per heavy atom. The van der Waals surface area contributed by atoms with Crippen molar-refractivity contribution in [2.45, 2.75) is 40.7 Å². The van der Waals surface area contributed by atoms with E-state index in [1.165, 1.54) is 0 Å². The van der Waals surface area contributed by atoms with Gasteiger partial charge in [-0.1, -0.05) is 27.7 Å². The first kappa shape index (κ1) is 14.9. The topological polar surface area (TPSA) is 30.5 Å². The molecule has 0 bridgehead atoms.